The molecule has 1 aliphatic carbocycles. The molecule has 0 fully saturated rings. The van der Waals surface area contributed by atoms with Crippen molar-refractivity contribution in [3.05, 3.63) is 44.7 Å². The average Bonchev–Trinajstić information content (AvgIpc) is 2.93. The maximum atomic E-state index is 12.9. The fraction of sp³-hybridized carbons (Fsp3) is 0.400. The van der Waals surface area contributed by atoms with Gasteiger partial charge < -0.3 is 15.8 Å². The summed E-state index contributed by atoms with van der Waals surface area (Å²) in [6.07, 6.45) is 2.75. The number of anilines is 1. The van der Waals surface area contributed by atoms with Crippen LogP contribution in [0.3, 0.4) is 0 Å². The standard InChI is InChI=1S/C20H23BrN2O3S/c1-11-4-9-14-15(10-11)27-18(16(14)17(22)24)23-19(25)20(2,3)26-13-7-5-12(21)6-8-13/h5-8,11H,4,9-10H2,1-3H3,(H2,22,24)(H,23,25). The van der Waals surface area contributed by atoms with Crippen molar-refractivity contribution in [2.45, 2.75) is 45.6 Å². The Kier molecular flexibility index (Phi) is 5.63. The number of hydrogen-bond acceptors (Lipinski definition) is 4. The molecule has 1 atom stereocenters. The Morgan fingerprint density at radius 3 is 2.59 bits per heavy atom. The Labute approximate surface area is 171 Å². The molecule has 27 heavy (non-hydrogen) atoms. The minimum Gasteiger partial charge on any atom is -0.478 e. The molecule has 5 nitrogen and oxygen atoms in total. The number of fused-ring (bicyclic) bond motifs is 1. The highest BCUT2D eigenvalue weighted by Gasteiger charge is 2.33. The molecule has 1 heterocycles. The van der Waals surface area contributed by atoms with Crippen LogP contribution in [-0.2, 0) is 17.6 Å². The van der Waals surface area contributed by atoms with E-state index in [1.165, 1.54) is 11.3 Å². The zero-order valence-corrected chi connectivity index (χ0v) is 18.0. The molecule has 0 aliphatic heterocycles. The molecule has 1 aliphatic rings. The first-order chi connectivity index (χ1) is 12.7. The molecule has 7 heteroatoms. The summed E-state index contributed by atoms with van der Waals surface area (Å²) >= 11 is 4.83. The maximum absolute atomic E-state index is 12.9. The number of hydrogen-bond donors (Lipinski definition) is 2. The lowest BCUT2D eigenvalue weighted by Crippen LogP contribution is -2.42. The Hall–Kier alpha value is -1.86. The van der Waals surface area contributed by atoms with Crippen LogP contribution >= 0.6 is 27.3 Å². The van der Waals surface area contributed by atoms with Gasteiger partial charge >= 0.3 is 0 Å². The molecule has 3 rings (SSSR count). The molecule has 1 aromatic carbocycles. The van der Waals surface area contributed by atoms with Crippen LogP contribution in [0.5, 0.6) is 5.75 Å². The molecular weight excluding hydrogens is 428 g/mol. The van der Waals surface area contributed by atoms with Crippen molar-refractivity contribution in [1.29, 1.82) is 0 Å². The van der Waals surface area contributed by atoms with Gasteiger partial charge in [0.15, 0.2) is 5.60 Å². The van der Waals surface area contributed by atoms with E-state index in [0.717, 1.165) is 34.2 Å². The first kappa shape index (κ1) is 19.9. The SMILES string of the molecule is CC1CCc2c(sc(NC(=O)C(C)(C)Oc3ccc(Br)cc3)c2C(N)=O)C1. The molecule has 0 bridgehead atoms. The van der Waals surface area contributed by atoms with Crippen molar-refractivity contribution < 1.29 is 14.3 Å². The third-order valence-corrected chi connectivity index (χ3v) is 6.42. The van der Waals surface area contributed by atoms with Gasteiger partial charge in [-0.1, -0.05) is 22.9 Å². The number of ether oxygens (including phenoxy) is 1. The first-order valence-corrected chi connectivity index (χ1v) is 10.5. The van der Waals surface area contributed by atoms with Gasteiger partial charge in [-0.25, -0.2) is 0 Å². The van der Waals surface area contributed by atoms with Crippen molar-refractivity contribution in [1.82, 2.24) is 0 Å². The summed E-state index contributed by atoms with van der Waals surface area (Å²) in [5.41, 5.74) is 5.96. The van der Waals surface area contributed by atoms with Crippen molar-refractivity contribution >= 4 is 44.1 Å². The molecule has 2 aromatic rings. The number of nitrogens with one attached hydrogen (secondary N) is 1. The molecule has 2 amide bonds. The highest BCUT2D eigenvalue weighted by molar-refractivity contribution is 9.10. The molecule has 0 saturated carbocycles. The van der Waals surface area contributed by atoms with E-state index in [1.807, 2.05) is 12.1 Å². The predicted molar refractivity (Wildman–Crippen MR) is 112 cm³/mol. The number of benzene rings is 1. The van der Waals surface area contributed by atoms with E-state index >= 15 is 0 Å². The lowest BCUT2D eigenvalue weighted by atomic mass is 9.88. The lowest BCUT2D eigenvalue weighted by molar-refractivity contribution is -0.128. The first-order valence-electron chi connectivity index (χ1n) is 8.87. The topological polar surface area (TPSA) is 81.4 Å². The number of halogens is 1. The molecule has 1 unspecified atom stereocenters. The molecule has 144 valence electrons. The lowest BCUT2D eigenvalue weighted by Gasteiger charge is -2.25. The normalized spacial score (nSPS) is 16.5. The summed E-state index contributed by atoms with van der Waals surface area (Å²) in [6.45, 7) is 5.59. The highest BCUT2D eigenvalue weighted by Crippen LogP contribution is 2.39. The molecule has 0 spiro atoms. The zero-order chi connectivity index (χ0) is 19.8. The summed E-state index contributed by atoms with van der Waals surface area (Å²) in [7, 11) is 0. The number of thiophene rings is 1. The second-order valence-corrected chi connectivity index (χ2v) is 9.46. The van der Waals surface area contributed by atoms with Crippen LogP contribution in [0.15, 0.2) is 28.7 Å². The van der Waals surface area contributed by atoms with Crippen LogP contribution in [0.2, 0.25) is 0 Å². The Morgan fingerprint density at radius 2 is 1.96 bits per heavy atom. The Bertz CT molecular complexity index is 874. The third-order valence-electron chi connectivity index (χ3n) is 4.72. The van der Waals surface area contributed by atoms with Gasteiger partial charge in [-0.3, -0.25) is 9.59 Å². The van der Waals surface area contributed by atoms with E-state index in [9.17, 15) is 9.59 Å². The van der Waals surface area contributed by atoms with Gasteiger partial charge in [0.25, 0.3) is 11.8 Å². The number of amides is 2. The molecule has 1 aromatic heterocycles. The van der Waals surface area contributed by atoms with Gasteiger partial charge in [-0.15, -0.1) is 11.3 Å². The predicted octanol–water partition coefficient (Wildman–Crippen LogP) is 4.53. The number of nitrogens with two attached hydrogens (primary N) is 1. The number of carbonyl (C=O) groups is 2. The summed E-state index contributed by atoms with van der Waals surface area (Å²) in [5, 5.41) is 3.41. The average molecular weight is 451 g/mol. The monoisotopic (exact) mass is 450 g/mol. The number of rotatable bonds is 5. The van der Waals surface area contributed by atoms with Gasteiger partial charge in [0.05, 0.1) is 5.56 Å². The van der Waals surface area contributed by atoms with E-state index in [0.29, 0.717) is 22.2 Å². The van der Waals surface area contributed by atoms with Crippen LogP contribution in [0.4, 0.5) is 5.00 Å². The smallest absolute Gasteiger partial charge is 0.268 e. The summed E-state index contributed by atoms with van der Waals surface area (Å²) < 4.78 is 6.80. The van der Waals surface area contributed by atoms with Crippen molar-refractivity contribution in [3.8, 4) is 5.75 Å². The Balaban J connectivity index is 1.82. The molecule has 0 radical (unpaired) electrons. The van der Waals surface area contributed by atoms with Crippen molar-refractivity contribution in [2.24, 2.45) is 11.7 Å². The van der Waals surface area contributed by atoms with Gasteiger partial charge in [0.1, 0.15) is 10.8 Å². The maximum Gasteiger partial charge on any atom is 0.268 e. The van der Waals surface area contributed by atoms with E-state index in [1.54, 1.807) is 26.0 Å². The molecule has 3 N–H and O–H groups in total. The van der Waals surface area contributed by atoms with Crippen molar-refractivity contribution in [2.75, 3.05) is 5.32 Å². The van der Waals surface area contributed by atoms with Crippen LogP contribution in [-0.4, -0.2) is 17.4 Å². The minimum absolute atomic E-state index is 0.320. The second-order valence-electron chi connectivity index (χ2n) is 7.44. The number of primary amides is 1. The zero-order valence-electron chi connectivity index (χ0n) is 15.6. The minimum atomic E-state index is -1.11. The van der Waals surface area contributed by atoms with Crippen molar-refractivity contribution in [3.63, 3.8) is 0 Å². The van der Waals surface area contributed by atoms with E-state index in [-0.39, 0.29) is 5.91 Å². The van der Waals surface area contributed by atoms with Gasteiger partial charge in [-0.05, 0) is 68.9 Å². The summed E-state index contributed by atoms with van der Waals surface area (Å²) in [4.78, 5) is 26.0. The van der Waals surface area contributed by atoms with Gasteiger partial charge in [0, 0.05) is 9.35 Å². The van der Waals surface area contributed by atoms with Crippen LogP contribution in [0.25, 0.3) is 0 Å². The number of carbonyl (C=O) groups excluding carboxylic acids is 2. The summed E-state index contributed by atoms with van der Waals surface area (Å²) in [5.74, 6) is 0.342. The van der Waals surface area contributed by atoms with Gasteiger partial charge in [0.2, 0.25) is 0 Å². The fourth-order valence-corrected chi connectivity index (χ4v) is 4.87. The van der Waals surface area contributed by atoms with Crippen LogP contribution in [0, 0.1) is 5.92 Å². The van der Waals surface area contributed by atoms with Crippen LogP contribution in [0.1, 0.15) is 48.0 Å². The largest absolute Gasteiger partial charge is 0.478 e. The Morgan fingerprint density at radius 1 is 1.30 bits per heavy atom. The highest BCUT2D eigenvalue weighted by atomic mass is 79.9. The van der Waals surface area contributed by atoms with E-state index < -0.39 is 11.5 Å². The molecular formula is C20H23BrN2O3S. The molecule has 0 saturated heterocycles. The van der Waals surface area contributed by atoms with Crippen LogP contribution < -0.4 is 15.8 Å². The second kappa shape index (κ2) is 7.64. The van der Waals surface area contributed by atoms with E-state index in [2.05, 4.69) is 28.2 Å². The van der Waals surface area contributed by atoms with E-state index in [4.69, 9.17) is 10.5 Å². The quantitative estimate of drug-likeness (QED) is 0.701. The fourth-order valence-electron chi connectivity index (χ4n) is 3.20. The third kappa shape index (κ3) is 4.35. The van der Waals surface area contributed by atoms with Gasteiger partial charge in [-0.2, -0.15) is 0 Å². The summed E-state index contributed by atoms with van der Waals surface area (Å²) in [6, 6.07) is 7.28.